The molecule has 1 aromatic carbocycles. The molecule has 0 bridgehead atoms. The van der Waals surface area contributed by atoms with E-state index in [1.807, 2.05) is 28.7 Å². The summed E-state index contributed by atoms with van der Waals surface area (Å²) in [6.07, 6.45) is 4.44. The highest BCUT2D eigenvalue weighted by atomic mass is 32.2. The number of carbonyl (C=O) groups is 2. The second-order valence-electron chi connectivity index (χ2n) is 6.42. The van der Waals surface area contributed by atoms with Gasteiger partial charge in [-0.1, -0.05) is 36.7 Å². The molecule has 1 fully saturated rings. The van der Waals surface area contributed by atoms with Crippen molar-refractivity contribution in [1.82, 2.24) is 24.5 Å². The fourth-order valence-corrected chi connectivity index (χ4v) is 4.24. The highest BCUT2D eigenvalue weighted by Crippen LogP contribution is 2.26. The van der Waals surface area contributed by atoms with Gasteiger partial charge >= 0.3 is 5.97 Å². The van der Waals surface area contributed by atoms with Gasteiger partial charge in [-0.25, -0.2) is 0 Å². The second kappa shape index (κ2) is 6.99. The Hall–Kier alpha value is -2.55. The van der Waals surface area contributed by atoms with Gasteiger partial charge in [0.25, 0.3) is 0 Å². The molecule has 0 saturated heterocycles. The molecule has 2 heterocycles. The molecule has 0 atom stereocenters. The summed E-state index contributed by atoms with van der Waals surface area (Å²) in [5.74, 6) is -0.225. The Kier molecular flexibility index (Phi) is 4.54. The molecule has 8 nitrogen and oxygen atoms in total. The van der Waals surface area contributed by atoms with Crippen molar-refractivity contribution >= 4 is 40.4 Å². The summed E-state index contributed by atoms with van der Waals surface area (Å²) >= 11 is 1.31. The van der Waals surface area contributed by atoms with Crippen molar-refractivity contribution in [2.75, 3.05) is 5.75 Å². The van der Waals surface area contributed by atoms with Gasteiger partial charge in [0, 0.05) is 6.04 Å². The van der Waals surface area contributed by atoms with Crippen LogP contribution in [0.5, 0.6) is 0 Å². The van der Waals surface area contributed by atoms with E-state index in [0.717, 1.165) is 23.9 Å². The van der Waals surface area contributed by atoms with Gasteiger partial charge in [0.1, 0.15) is 6.54 Å². The predicted octanol–water partition coefficient (Wildman–Crippen LogP) is 1.92. The normalized spacial score (nSPS) is 15.1. The lowest BCUT2D eigenvalue weighted by molar-refractivity contribution is -0.137. The van der Waals surface area contributed by atoms with Crippen LogP contribution >= 0.6 is 11.8 Å². The number of hydrogen-bond acceptors (Lipinski definition) is 5. The number of benzene rings is 1. The molecule has 1 amide bonds. The summed E-state index contributed by atoms with van der Waals surface area (Å²) < 4.78 is 3.43. The van der Waals surface area contributed by atoms with Crippen LogP contribution in [0, 0.1) is 0 Å². The number of fused-ring (bicyclic) bond motifs is 3. The Bertz CT molecular complexity index is 974. The minimum Gasteiger partial charge on any atom is -0.480 e. The molecule has 0 unspecified atom stereocenters. The minimum atomic E-state index is -0.943. The van der Waals surface area contributed by atoms with Crippen LogP contribution in [0.15, 0.2) is 29.4 Å². The van der Waals surface area contributed by atoms with E-state index in [2.05, 4.69) is 15.5 Å². The SMILES string of the molecule is O=C(O)Cn1c2ccccc2n2c(SCC(=O)NC3CCCC3)nnc12. The first-order valence-electron chi connectivity index (χ1n) is 8.60. The monoisotopic (exact) mass is 373 g/mol. The van der Waals surface area contributed by atoms with E-state index >= 15 is 0 Å². The number of nitrogens with zero attached hydrogens (tertiary/aromatic N) is 4. The van der Waals surface area contributed by atoms with Gasteiger partial charge in [0.05, 0.1) is 16.8 Å². The van der Waals surface area contributed by atoms with Crippen LogP contribution in [0.25, 0.3) is 16.8 Å². The number of nitrogens with one attached hydrogen (secondary N) is 1. The molecule has 1 saturated carbocycles. The molecule has 9 heteroatoms. The fraction of sp³-hybridized carbons (Fsp3) is 0.412. The number of rotatable bonds is 6. The third kappa shape index (κ3) is 3.14. The van der Waals surface area contributed by atoms with E-state index in [1.54, 1.807) is 4.57 Å². The molecule has 136 valence electrons. The molecule has 2 N–H and O–H groups in total. The van der Waals surface area contributed by atoms with Crippen LogP contribution < -0.4 is 5.32 Å². The maximum atomic E-state index is 12.2. The van der Waals surface area contributed by atoms with Gasteiger partial charge in [-0.05, 0) is 25.0 Å². The van der Waals surface area contributed by atoms with Crippen molar-refractivity contribution < 1.29 is 14.7 Å². The Morgan fingerprint density at radius 2 is 1.92 bits per heavy atom. The number of aliphatic carboxylic acids is 1. The number of hydrogen-bond donors (Lipinski definition) is 2. The highest BCUT2D eigenvalue weighted by molar-refractivity contribution is 7.99. The molecule has 1 aliphatic carbocycles. The summed E-state index contributed by atoms with van der Waals surface area (Å²) in [6.45, 7) is -0.192. The van der Waals surface area contributed by atoms with E-state index in [4.69, 9.17) is 0 Å². The van der Waals surface area contributed by atoms with Crippen molar-refractivity contribution in [1.29, 1.82) is 0 Å². The van der Waals surface area contributed by atoms with Crippen molar-refractivity contribution in [2.24, 2.45) is 0 Å². The number of amides is 1. The van der Waals surface area contributed by atoms with Gasteiger partial charge in [0.2, 0.25) is 11.7 Å². The number of imidazole rings is 1. The summed E-state index contributed by atoms with van der Waals surface area (Å²) in [6, 6.07) is 7.78. The number of aromatic nitrogens is 4. The Balaban J connectivity index is 1.60. The minimum absolute atomic E-state index is 0.00655. The van der Waals surface area contributed by atoms with Crippen LogP contribution in [-0.4, -0.2) is 47.9 Å². The fourth-order valence-electron chi connectivity index (χ4n) is 3.49. The Morgan fingerprint density at radius 3 is 2.65 bits per heavy atom. The first-order chi connectivity index (χ1) is 12.6. The number of carboxylic acids is 1. The van der Waals surface area contributed by atoms with Gasteiger partial charge in [-0.3, -0.25) is 18.6 Å². The molecule has 3 aromatic rings. The summed E-state index contributed by atoms with van der Waals surface area (Å²) in [5.41, 5.74) is 1.60. The van der Waals surface area contributed by atoms with Crippen LogP contribution in [0.3, 0.4) is 0 Å². The average Bonchev–Trinajstić information content (AvgIpc) is 3.32. The number of carboxylic acid groups (broad SMARTS) is 1. The van der Waals surface area contributed by atoms with Crippen LogP contribution in [0.1, 0.15) is 25.7 Å². The second-order valence-corrected chi connectivity index (χ2v) is 7.37. The Morgan fingerprint density at radius 1 is 1.19 bits per heavy atom. The lowest BCUT2D eigenvalue weighted by atomic mass is 10.2. The summed E-state index contributed by atoms with van der Waals surface area (Å²) in [7, 11) is 0. The van der Waals surface area contributed by atoms with Gasteiger partial charge in [-0.15, -0.1) is 10.2 Å². The third-order valence-corrected chi connectivity index (χ3v) is 5.55. The Labute approximate surface area is 153 Å². The molecule has 0 aliphatic heterocycles. The maximum Gasteiger partial charge on any atom is 0.323 e. The number of carbonyl (C=O) groups excluding carboxylic acids is 1. The zero-order valence-corrected chi connectivity index (χ0v) is 14.9. The van der Waals surface area contributed by atoms with Crippen LogP contribution in [-0.2, 0) is 16.1 Å². The maximum absolute atomic E-state index is 12.2. The standard InChI is InChI=1S/C17H19N5O3S/c23-14(18-11-5-1-2-6-11)10-26-17-20-19-16-21(9-15(24)25)12-7-3-4-8-13(12)22(16)17/h3-4,7-8,11H,1-2,5-6,9-10H2,(H,18,23)(H,24,25). The van der Waals surface area contributed by atoms with Gasteiger partial charge in [0.15, 0.2) is 5.16 Å². The molecule has 26 heavy (non-hydrogen) atoms. The van der Waals surface area contributed by atoms with Crippen molar-refractivity contribution in [3.63, 3.8) is 0 Å². The highest BCUT2D eigenvalue weighted by Gasteiger charge is 2.20. The summed E-state index contributed by atoms with van der Waals surface area (Å²) in [5, 5.41) is 21.1. The van der Waals surface area contributed by atoms with Crippen LogP contribution in [0.2, 0.25) is 0 Å². The van der Waals surface area contributed by atoms with E-state index in [0.29, 0.717) is 17.0 Å². The smallest absolute Gasteiger partial charge is 0.323 e. The number of para-hydroxylation sites is 2. The lowest BCUT2D eigenvalue weighted by Crippen LogP contribution is -2.33. The molecular weight excluding hydrogens is 354 g/mol. The van der Waals surface area contributed by atoms with Crippen molar-refractivity contribution in [3.05, 3.63) is 24.3 Å². The van der Waals surface area contributed by atoms with Crippen LogP contribution in [0.4, 0.5) is 0 Å². The molecule has 4 rings (SSSR count). The average molecular weight is 373 g/mol. The molecule has 0 radical (unpaired) electrons. The van der Waals surface area contributed by atoms with E-state index in [-0.39, 0.29) is 18.2 Å². The number of thioether (sulfide) groups is 1. The first kappa shape index (κ1) is 16.9. The van der Waals surface area contributed by atoms with E-state index < -0.39 is 5.97 Å². The van der Waals surface area contributed by atoms with E-state index in [1.165, 1.54) is 24.6 Å². The first-order valence-corrected chi connectivity index (χ1v) is 9.58. The van der Waals surface area contributed by atoms with Crippen molar-refractivity contribution in [2.45, 2.75) is 43.4 Å². The lowest BCUT2D eigenvalue weighted by Gasteiger charge is -2.10. The van der Waals surface area contributed by atoms with Gasteiger partial charge < -0.3 is 10.4 Å². The van der Waals surface area contributed by atoms with E-state index in [9.17, 15) is 14.7 Å². The third-order valence-electron chi connectivity index (χ3n) is 4.62. The molecule has 2 aromatic heterocycles. The largest absolute Gasteiger partial charge is 0.480 e. The molecule has 0 spiro atoms. The zero-order valence-electron chi connectivity index (χ0n) is 14.1. The predicted molar refractivity (Wildman–Crippen MR) is 97.2 cm³/mol. The molecular formula is C17H19N5O3S. The molecule has 1 aliphatic rings. The zero-order chi connectivity index (χ0) is 18.1. The quantitative estimate of drug-likeness (QED) is 0.640. The topological polar surface area (TPSA) is 102 Å². The summed E-state index contributed by atoms with van der Waals surface area (Å²) in [4.78, 5) is 23.4. The van der Waals surface area contributed by atoms with Gasteiger partial charge in [-0.2, -0.15) is 0 Å². The van der Waals surface area contributed by atoms with Crippen molar-refractivity contribution in [3.8, 4) is 0 Å².